The Kier molecular flexibility index (Phi) is 7.72. The van der Waals surface area contributed by atoms with Gasteiger partial charge in [0, 0.05) is 19.3 Å². The molecule has 1 aliphatic heterocycles. The second kappa shape index (κ2) is 10.5. The van der Waals surface area contributed by atoms with Gasteiger partial charge in [-0.1, -0.05) is 17.3 Å². The first-order valence-corrected chi connectivity index (χ1v) is 10.1. The van der Waals surface area contributed by atoms with E-state index in [0.29, 0.717) is 13.0 Å². The van der Waals surface area contributed by atoms with Crippen molar-refractivity contribution in [1.82, 2.24) is 25.2 Å². The average Bonchev–Trinajstić information content (AvgIpc) is 3.15. The maximum absolute atomic E-state index is 13.7. The Hall–Kier alpha value is -2.56. The van der Waals surface area contributed by atoms with Gasteiger partial charge >= 0.3 is 6.03 Å². The molecule has 2 aromatic rings. The number of nitrogens with one attached hydrogen (secondary N) is 2. The van der Waals surface area contributed by atoms with Crippen LogP contribution in [0.25, 0.3) is 0 Å². The van der Waals surface area contributed by atoms with Gasteiger partial charge in [-0.25, -0.2) is 9.18 Å². The number of aliphatic hydroxyl groups excluding tert-OH is 1. The van der Waals surface area contributed by atoms with Gasteiger partial charge < -0.3 is 25.4 Å². The molecule has 0 radical (unpaired) electrons. The fraction of sp³-hybridized carbons (Fsp3) is 0.550. The Morgan fingerprint density at radius 1 is 1.37 bits per heavy atom. The summed E-state index contributed by atoms with van der Waals surface area (Å²) >= 11 is 0. The Morgan fingerprint density at radius 3 is 2.90 bits per heavy atom. The maximum atomic E-state index is 13.7. The van der Waals surface area contributed by atoms with Crippen LogP contribution in [0.1, 0.15) is 25.0 Å². The van der Waals surface area contributed by atoms with Gasteiger partial charge in [-0.15, -0.1) is 5.10 Å². The molecule has 10 heteroatoms. The summed E-state index contributed by atoms with van der Waals surface area (Å²) in [6, 6.07) is 5.08. The fourth-order valence-corrected chi connectivity index (χ4v) is 3.52. The molecule has 1 aromatic carbocycles. The maximum Gasteiger partial charge on any atom is 0.319 e. The highest BCUT2D eigenvalue weighted by Crippen LogP contribution is 2.23. The van der Waals surface area contributed by atoms with Gasteiger partial charge in [-0.3, -0.25) is 4.68 Å². The van der Waals surface area contributed by atoms with Gasteiger partial charge in [-0.2, -0.15) is 0 Å². The van der Waals surface area contributed by atoms with Crippen molar-refractivity contribution in [3.63, 3.8) is 0 Å². The molecule has 0 aliphatic carbocycles. The van der Waals surface area contributed by atoms with Crippen molar-refractivity contribution in [3.05, 3.63) is 42.0 Å². The molecule has 1 saturated heterocycles. The smallest absolute Gasteiger partial charge is 0.319 e. The van der Waals surface area contributed by atoms with E-state index in [-0.39, 0.29) is 24.4 Å². The van der Waals surface area contributed by atoms with E-state index >= 15 is 0 Å². The minimum Gasteiger partial charge on any atom is -0.394 e. The van der Waals surface area contributed by atoms with Gasteiger partial charge in [0.15, 0.2) is 0 Å². The Bertz CT molecular complexity index is 830. The van der Waals surface area contributed by atoms with E-state index in [4.69, 9.17) is 4.74 Å². The monoisotopic (exact) mass is 420 g/mol. The van der Waals surface area contributed by atoms with Crippen molar-refractivity contribution in [2.45, 2.75) is 50.6 Å². The van der Waals surface area contributed by atoms with E-state index in [0.717, 1.165) is 25.1 Å². The first-order valence-electron chi connectivity index (χ1n) is 10.1. The molecule has 9 nitrogen and oxygen atoms in total. The van der Waals surface area contributed by atoms with Gasteiger partial charge in [-0.05, 0) is 45.5 Å². The highest BCUT2D eigenvalue weighted by atomic mass is 19.1. The summed E-state index contributed by atoms with van der Waals surface area (Å²) in [4.78, 5) is 14.2. The predicted octanol–water partition coefficient (Wildman–Crippen LogP) is 1.60. The number of nitrogens with zero attached hydrogens (tertiary/aromatic N) is 4. The van der Waals surface area contributed by atoms with Crippen LogP contribution < -0.4 is 10.6 Å². The summed E-state index contributed by atoms with van der Waals surface area (Å²) in [6.45, 7) is 1.18. The number of hydrogen-bond donors (Lipinski definition) is 3. The lowest BCUT2D eigenvalue weighted by Gasteiger charge is -2.36. The van der Waals surface area contributed by atoms with Crippen LogP contribution in [0.2, 0.25) is 0 Å². The van der Waals surface area contributed by atoms with Crippen LogP contribution in [0.15, 0.2) is 30.5 Å². The Morgan fingerprint density at radius 2 is 2.17 bits per heavy atom. The number of amides is 2. The van der Waals surface area contributed by atoms with Crippen molar-refractivity contribution in [1.29, 1.82) is 0 Å². The molecule has 2 heterocycles. The number of rotatable bonds is 8. The Labute approximate surface area is 175 Å². The number of para-hydroxylation sites is 1. The number of hydrogen-bond acceptors (Lipinski definition) is 6. The lowest BCUT2D eigenvalue weighted by Crippen LogP contribution is -2.52. The summed E-state index contributed by atoms with van der Waals surface area (Å²) in [5, 5.41) is 23.3. The van der Waals surface area contributed by atoms with E-state index in [1.165, 1.54) is 12.1 Å². The summed E-state index contributed by atoms with van der Waals surface area (Å²) in [7, 11) is 3.95. The van der Waals surface area contributed by atoms with Gasteiger partial charge in [0.25, 0.3) is 0 Å². The van der Waals surface area contributed by atoms with Crippen LogP contribution in [-0.2, 0) is 17.8 Å². The largest absolute Gasteiger partial charge is 0.394 e. The molecule has 1 fully saturated rings. The molecule has 164 valence electrons. The molecule has 0 spiro atoms. The molecule has 0 unspecified atom stereocenters. The SMILES string of the molecule is CN(C)Cc1cn(CC[C@@H]2CC[C@@H](NC(=O)Nc3ccccc3F)[C@H](CO)O2)nn1. The summed E-state index contributed by atoms with van der Waals surface area (Å²) in [6.07, 6.45) is 3.48. The number of aliphatic hydroxyl groups is 1. The number of carbonyl (C=O) groups excluding carboxylic acids is 1. The van der Waals surface area contributed by atoms with Gasteiger partial charge in [0.1, 0.15) is 11.9 Å². The number of aryl methyl sites for hydroxylation is 1. The number of carbonyl (C=O) groups is 1. The number of benzene rings is 1. The molecular formula is C20H29FN6O3. The van der Waals surface area contributed by atoms with E-state index in [9.17, 15) is 14.3 Å². The van der Waals surface area contributed by atoms with Crippen molar-refractivity contribution in [2.24, 2.45) is 0 Å². The molecule has 1 aromatic heterocycles. The molecular weight excluding hydrogens is 391 g/mol. The summed E-state index contributed by atoms with van der Waals surface area (Å²) in [5.74, 6) is -0.506. The van der Waals surface area contributed by atoms with Crippen LogP contribution in [-0.4, -0.2) is 70.0 Å². The normalized spacial score (nSPS) is 21.6. The molecule has 3 atom stereocenters. The van der Waals surface area contributed by atoms with E-state index in [1.807, 2.05) is 25.2 Å². The van der Waals surface area contributed by atoms with Gasteiger partial charge in [0.2, 0.25) is 0 Å². The van der Waals surface area contributed by atoms with E-state index in [1.54, 1.807) is 16.8 Å². The molecule has 3 rings (SSSR count). The van der Waals surface area contributed by atoms with Crippen molar-refractivity contribution in [3.8, 4) is 0 Å². The fourth-order valence-electron chi connectivity index (χ4n) is 3.52. The molecule has 2 amide bonds. The van der Waals surface area contributed by atoms with Crippen LogP contribution in [0.4, 0.5) is 14.9 Å². The van der Waals surface area contributed by atoms with Crippen molar-refractivity contribution < 1.29 is 19.0 Å². The highest BCUT2D eigenvalue weighted by molar-refractivity contribution is 5.89. The minimum atomic E-state index is -0.526. The standard InChI is InChI=1S/C20H29FN6O3/c1-26(2)11-14-12-27(25-24-14)10-9-15-7-8-18(19(13-28)30-15)23-20(29)22-17-6-4-3-5-16(17)21/h3-6,12,15,18-19,28H,7-11,13H2,1-2H3,(H2,22,23,29)/t15-,18+,19-/m0/s1. The van der Waals surface area contributed by atoms with Crippen LogP contribution >= 0.6 is 0 Å². The summed E-state index contributed by atoms with van der Waals surface area (Å²) in [5.41, 5.74) is 1.01. The number of ether oxygens (including phenoxy) is 1. The van der Waals surface area contributed by atoms with E-state index < -0.39 is 18.0 Å². The number of urea groups is 1. The molecule has 30 heavy (non-hydrogen) atoms. The lowest BCUT2D eigenvalue weighted by atomic mass is 9.97. The highest BCUT2D eigenvalue weighted by Gasteiger charge is 2.32. The van der Waals surface area contributed by atoms with E-state index in [2.05, 4.69) is 20.9 Å². The molecule has 0 bridgehead atoms. The molecule has 3 N–H and O–H groups in total. The van der Waals surface area contributed by atoms with Crippen LogP contribution in [0.3, 0.4) is 0 Å². The molecule has 0 saturated carbocycles. The minimum absolute atomic E-state index is 0.0451. The van der Waals surface area contributed by atoms with Crippen molar-refractivity contribution in [2.75, 3.05) is 26.0 Å². The predicted molar refractivity (Wildman–Crippen MR) is 109 cm³/mol. The van der Waals surface area contributed by atoms with Crippen LogP contribution in [0.5, 0.6) is 0 Å². The zero-order chi connectivity index (χ0) is 21.5. The third-order valence-electron chi connectivity index (χ3n) is 4.98. The Balaban J connectivity index is 1.46. The average molecular weight is 420 g/mol. The zero-order valence-corrected chi connectivity index (χ0v) is 17.3. The number of aromatic nitrogens is 3. The third-order valence-corrected chi connectivity index (χ3v) is 4.98. The topological polar surface area (TPSA) is 105 Å². The first kappa shape index (κ1) is 22.1. The summed E-state index contributed by atoms with van der Waals surface area (Å²) < 4.78 is 21.5. The number of halogens is 1. The third kappa shape index (κ3) is 6.22. The van der Waals surface area contributed by atoms with Crippen LogP contribution in [0, 0.1) is 5.82 Å². The lowest BCUT2D eigenvalue weighted by molar-refractivity contribution is -0.0905. The second-order valence-electron chi connectivity index (χ2n) is 7.74. The first-order chi connectivity index (χ1) is 14.4. The zero-order valence-electron chi connectivity index (χ0n) is 17.3. The quantitative estimate of drug-likeness (QED) is 0.599. The van der Waals surface area contributed by atoms with Crippen molar-refractivity contribution >= 4 is 11.7 Å². The number of anilines is 1. The molecule has 1 aliphatic rings. The van der Waals surface area contributed by atoms with Gasteiger partial charge in [0.05, 0.1) is 30.1 Å². The second-order valence-corrected chi connectivity index (χ2v) is 7.74.